The molecule has 1 aromatic rings. The Kier molecular flexibility index (Phi) is 2.61. The van der Waals surface area contributed by atoms with Crippen molar-refractivity contribution in [3.8, 4) is 0 Å². The van der Waals surface area contributed by atoms with Crippen LogP contribution >= 0.6 is 34.2 Å². The predicted molar refractivity (Wildman–Crippen MR) is 48.6 cm³/mol. The molecule has 0 saturated carbocycles. The Balaban J connectivity index is 3.23. The summed E-state index contributed by atoms with van der Waals surface area (Å²) in [5.41, 5.74) is -0.105. The third-order valence-electron chi connectivity index (χ3n) is 0.998. The van der Waals surface area contributed by atoms with Crippen molar-refractivity contribution >= 4 is 39.9 Å². The lowest BCUT2D eigenvalue weighted by Crippen LogP contribution is -1.91. The van der Waals surface area contributed by atoms with Gasteiger partial charge in [0.25, 0.3) is 5.69 Å². The predicted octanol–water partition coefficient (Wildman–Crippen LogP) is 2.25. The van der Waals surface area contributed by atoms with Gasteiger partial charge in [-0.1, -0.05) is 11.6 Å². The number of nitro groups is 1. The van der Waals surface area contributed by atoms with Gasteiger partial charge in [-0.15, -0.1) is 0 Å². The standard InChI is InChI=1S/C5H2ClIN2O2/c6-3-2-8-5(7)1-4(3)9(10)11/h1-2H. The molecule has 11 heavy (non-hydrogen) atoms. The van der Waals surface area contributed by atoms with E-state index >= 15 is 0 Å². The van der Waals surface area contributed by atoms with Gasteiger partial charge in [0.2, 0.25) is 0 Å². The lowest BCUT2D eigenvalue weighted by molar-refractivity contribution is -0.384. The summed E-state index contributed by atoms with van der Waals surface area (Å²) in [6.07, 6.45) is 1.27. The molecular formula is C5H2ClIN2O2. The molecule has 0 fully saturated rings. The van der Waals surface area contributed by atoms with Crippen LogP contribution in [0.1, 0.15) is 0 Å². The maximum absolute atomic E-state index is 10.3. The minimum Gasteiger partial charge on any atom is -0.258 e. The maximum Gasteiger partial charge on any atom is 0.292 e. The Morgan fingerprint density at radius 3 is 2.82 bits per heavy atom. The fourth-order valence-corrected chi connectivity index (χ4v) is 1.15. The first-order valence-electron chi connectivity index (χ1n) is 2.56. The van der Waals surface area contributed by atoms with Crippen LogP contribution in [0.4, 0.5) is 5.69 Å². The zero-order valence-corrected chi connectivity index (χ0v) is 8.03. The Morgan fingerprint density at radius 1 is 1.73 bits per heavy atom. The first kappa shape index (κ1) is 8.66. The lowest BCUT2D eigenvalue weighted by Gasteiger charge is -1.93. The average Bonchev–Trinajstić information content (AvgIpc) is 1.94. The molecule has 0 aliphatic carbocycles. The number of halogens is 2. The van der Waals surface area contributed by atoms with Gasteiger partial charge in [-0.3, -0.25) is 10.1 Å². The molecule has 0 N–H and O–H groups in total. The van der Waals surface area contributed by atoms with E-state index in [1.807, 2.05) is 22.6 Å². The summed E-state index contributed by atoms with van der Waals surface area (Å²) in [4.78, 5) is 13.5. The van der Waals surface area contributed by atoms with Crippen LogP contribution in [0.2, 0.25) is 5.02 Å². The van der Waals surface area contributed by atoms with Gasteiger partial charge in [-0.2, -0.15) is 0 Å². The van der Waals surface area contributed by atoms with Gasteiger partial charge in [-0.05, 0) is 22.6 Å². The second kappa shape index (κ2) is 3.31. The molecule has 58 valence electrons. The van der Waals surface area contributed by atoms with Crippen LogP contribution in [0.3, 0.4) is 0 Å². The summed E-state index contributed by atoms with van der Waals surface area (Å²) < 4.78 is 0.554. The van der Waals surface area contributed by atoms with Crippen LogP contribution in [-0.4, -0.2) is 9.91 Å². The topological polar surface area (TPSA) is 56.0 Å². The average molecular weight is 284 g/mol. The van der Waals surface area contributed by atoms with E-state index in [2.05, 4.69) is 4.98 Å². The SMILES string of the molecule is O=[N+]([O-])c1cc(I)ncc1Cl. The van der Waals surface area contributed by atoms with Crippen LogP contribution in [0.5, 0.6) is 0 Å². The molecule has 1 rings (SSSR count). The summed E-state index contributed by atoms with van der Waals surface area (Å²) in [6.45, 7) is 0. The Morgan fingerprint density at radius 2 is 2.36 bits per heavy atom. The minimum atomic E-state index is -0.536. The number of rotatable bonds is 1. The van der Waals surface area contributed by atoms with E-state index in [1.165, 1.54) is 12.3 Å². The summed E-state index contributed by atoms with van der Waals surface area (Å²) in [7, 11) is 0. The highest BCUT2D eigenvalue weighted by Gasteiger charge is 2.12. The monoisotopic (exact) mass is 284 g/mol. The fourth-order valence-electron chi connectivity index (χ4n) is 0.543. The molecule has 4 nitrogen and oxygen atoms in total. The number of hydrogen-bond donors (Lipinski definition) is 0. The van der Waals surface area contributed by atoms with E-state index in [9.17, 15) is 10.1 Å². The van der Waals surface area contributed by atoms with Crippen molar-refractivity contribution in [2.45, 2.75) is 0 Å². The van der Waals surface area contributed by atoms with Gasteiger partial charge in [0.15, 0.2) is 0 Å². The van der Waals surface area contributed by atoms with Crippen molar-refractivity contribution in [3.05, 3.63) is 31.1 Å². The fraction of sp³-hybridized carbons (Fsp3) is 0. The first-order valence-corrected chi connectivity index (χ1v) is 4.02. The molecule has 0 radical (unpaired) electrons. The van der Waals surface area contributed by atoms with Gasteiger partial charge < -0.3 is 0 Å². The van der Waals surface area contributed by atoms with Crippen molar-refractivity contribution in [1.82, 2.24) is 4.98 Å². The molecule has 0 spiro atoms. The van der Waals surface area contributed by atoms with Crippen LogP contribution in [0, 0.1) is 13.8 Å². The van der Waals surface area contributed by atoms with E-state index < -0.39 is 4.92 Å². The largest absolute Gasteiger partial charge is 0.292 e. The van der Waals surface area contributed by atoms with Gasteiger partial charge >= 0.3 is 0 Å². The van der Waals surface area contributed by atoms with E-state index in [0.29, 0.717) is 3.70 Å². The second-order valence-electron chi connectivity index (χ2n) is 1.72. The molecule has 1 heterocycles. The Labute approximate surface area is 80.9 Å². The summed E-state index contributed by atoms with van der Waals surface area (Å²) >= 11 is 7.36. The third kappa shape index (κ3) is 2.00. The van der Waals surface area contributed by atoms with Crippen LogP contribution in [-0.2, 0) is 0 Å². The molecular weight excluding hydrogens is 282 g/mol. The van der Waals surface area contributed by atoms with E-state index in [-0.39, 0.29) is 10.7 Å². The van der Waals surface area contributed by atoms with Crippen molar-refractivity contribution in [2.75, 3.05) is 0 Å². The maximum atomic E-state index is 10.3. The van der Waals surface area contributed by atoms with Gasteiger partial charge in [0.1, 0.15) is 8.72 Å². The van der Waals surface area contributed by atoms with Gasteiger partial charge in [0.05, 0.1) is 11.1 Å². The highest BCUT2D eigenvalue weighted by atomic mass is 127. The number of pyridine rings is 1. The highest BCUT2D eigenvalue weighted by molar-refractivity contribution is 14.1. The molecule has 0 unspecified atom stereocenters. The zero-order chi connectivity index (χ0) is 8.43. The van der Waals surface area contributed by atoms with Crippen molar-refractivity contribution < 1.29 is 4.92 Å². The molecule has 0 amide bonds. The molecule has 1 aromatic heterocycles. The summed E-state index contributed by atoms with van der Waals surface area (Å²) in [5.74, 6) is 0. The van der Waals surface area contributed by atoms with Crippen molar-refractivity contribution in [2.24, 2.45) is 0 Å². The Hall–Kier alpha value is -0.430. The lowest BCUT2D eigenvalue weighted by atomic mass is 10.4. The molecule has 0 aliphatic heterocycles. The number of hydrogen-bond acceptors (Lipinski definition) is 3. The Bertz CT molecular complexity index is 305. The van der Waals surface area contributed by atoms with Crippen LogP contribution in [0.25, 0.3) is 0 Å². The van der Waals surface area contributed by atoms with Crippen LogP contribution in [0.15, 0.2) is 12.3 Å². The second-order valence-corrected chi connectivity index (χ2v) is 3.23. The molecule has 0 bridgehead atoms. The molecule has 6 heteroatoms. The summed E-state index contributed by atoms with van der Waals surface area (Å²) in [6, 6.07) is 1.32. The molecule has 0 saturated heterocycles. The smallest absolute Gasteiger partial charge is 0.258 e. The van der Waals surface area contributed by atoms with E-state index in [1.54, 1.807) is 0 Å². The highest BCUT2D eigenvalue weighted by Crippen LogP contribution is 2.23. The van der Waals surface area contributed by atoms with E-state index in [0.717, 1.165) is 0 Å². The first-order chi connectivity index (χ1) is 5.11. The third-order valence-corrected chi connectivity index (χ3v) is 1.88. The van der Waals surface area contributed by atoms with Gasteiger partial charge in [0, 0.05) is 6.07 Å². The van der Waals surface area contributed by atoms with Gasteiger partial charge in [-0.25, -0.2) is 4.98 Å². The van der Waals surface area contributed by atoms with E-state index in [4.69, 9.17) is 11.6 Å². The molecule has 0 aliphatic rings. The molecule has 0 aromatic carbocycles. The summed E-state index contributed by atoms with van der Waals surface area (Å²) in [5, 5.41) is 10.3. The van der Waals surface area contributed by atoms with Crippen molar-refractivity contribution in [3.63, 3.8) is 0 Å². The minimum absolute atomic E-state index is 0.0652. The molecule has 0 atom stereocenters. The van der Waals surface area contributed by atoms with Crippen LogP contribution < -0.4 is 0 Å². The quantitative estimate of drug-likeness (QED) is 0.344. The zero-order valence-electron chi connectivity index (χ0n) is 5.12. The number of nitrogens with zero attached hydrogens (tertiary/aromatic N) is 2. The van der Waals surface area contributed by atoms with Crippen molar-refractivity contribution in [1.29, 1.82) is 0 Å². The number of aromatic nitrogens is 1. The normalized spacial score (nSPS) is 9.64.